The van der Waals surface area contributed by atoms with Gasteiger partial charge in [-0.25, -0.2) is 4.79 Å². The molecule has 2 aromatic rings. The first-order valence-corrected chi connectivity index (χ1v) is 8.55. The van der Waals surface area contributed by atoms with Crippen molar-refractivity contribution in [3.8, 4) is 5.75 Å². The van der Waals surface area contributed by atoms with Crippen LogP contribution in [0.5, 0.6) is 5.75 Å². The minimum Gasteiger partial charge on any atom is -0.493 e. The van der Waals surface area contributed by atoms with Gasteiger partial charge < -0.3 is 9.47 Å². The first-order valence-electron chi connectivity index (χ1n) is 8.55. The number of hydrogen-bond acceptors (Lipinski definition) is 3. The first kappa shape index (κ1) is 19.8. The van der Waals surface area contributed by atoms with E-state index in [4.69, 9.17) is 9.47 Å². The molecule has 0 saturated carbocycles. The summed E-state index contributed by atoms with van der Waals surface area (Å²) in [5, 5.41) is 4.72. The highest BCUT2D eigenvalue weighted by Crippen LogP contribution is 2.32. The summed E-state index contributed by atoms with van der Waals surface area (Å²) in [6, 6.07) is 11.6. The molecule has 1 amide bonds. The maximum Gasteiger partial charge on any atom is 0.412 e. The number of nitrogens with one attached hydrogen (secondary N) is 1. The first-order chi connectivity index (χ1) is 11.4. The maximum absolute atomic E-state index is 12.0. The molecule has 4 heteroatoms. The van der Waals surface area contributed by atoms with Crippen LogP contribution in [0.3, 0.4) is 0 Å². The van der Waals surface area contributed by atoms with E-state index in [-0.39, 0.29) is 0 Å². The molecule has 0 radical (unpaired) electrons. The molecule has 2 rings (SSSR count). The van der Waals surface area contributed by atoms with Gasteiger partial charge in [-0.05, 0) is 39.3 Å². The van der Waals surface area contributed by atoms with E-state index in [9.17, 15) is 4.79 Å². The summed E-state index contributed by atoms with van der Waals surface area (Å²) in [5.41, 5.74) is 0.193. The molecule has 0 bridgehead atoms. The predicted octanol–water partition coefficient (Wildman–Crippen LogP) is 6.00. The van der Waals surface area contributed by atoms with Gasteiger partial charge in [0.1, 0.15) is 11.4 Å². The molecule has 0 aliphatic rings. The molecule has 132 valence electrons. The molecule has 2 aromatic carbocycles. The third-order valence-corrected chi connectivity index (χ3v) is 2.98. The predicted molar refractivity (Wildman–Crippen MR) is 101 cm³/mol. The van der Waals surface area contributed by atoms with Gasteiger partial charge in [0, 0.05) is 10.8 Å². The van der Waals surface area contributed by atoms with Crippen LogP contribution in [-0.2, 0) is 4.74 Å². The van der Waals surface area contributed by atoms with E-state index in [1.165, 1.54) is 0 Å². The van der Waals surface area contributed by atoms with Crippen LogP contribution in [0.2, 0.25) is 0 Å². The Morgan fingerprint density at radius 2 is 1.67 bits per heavy atom. The lowest BCUT2D eigenvalue weighted by molar-refractivity contribution is 0.0636. The van der Waals surface area contributed by atoms with Gasteiger partial charge in [0.2, 0.25) is 0 Å². The van der Waals surface area contributed by atoms with Gasteiger partial charge in [-0.15, -0.1) is 0 Å². The summed E-state index contributed by atoms with van der Waals surface area (Å²) in [7, 11) is 0. The summed E-state index contributed by atoms with van der Waals surface area (Å²) in [4.78, 5) is 12.0. The van der Waals surface area contributed by atoms with Gasteiger partial charge in [-0.2, -0.15) is 0 Å². The number of amides is 1. The van der Waals surface area contributed by atoms with E-state index < -0.39 is 11.7 Å². The molecular weight excluding hydrogens is 302 g/mol. The Labute approximate surface area is 145 Å². The zero-order chi connectivity index (χ0) is 18.2. The molecule has 0 unspecified atom stereocenters. The molecule has 0 aromatic heterocycles. The highest BCUT2D eigenvalue weighted by atomic mass is 16.6. The monoisotopic (exact) mass is 331 g/mol. The lowest BCUT2D eigenvalue weighted by Gasteiger charge is -2.20. The van der Waals surface area contributed by atoms with Gasteiger partial charge in [0.15, 0.2) is 0 Å². The molecule has 0 heterocycles. The zero-order valence-corrected chi connectivity index (χ0v) is 15.6. The van der Waals surface area contributed by atoms with Crippen LogP contribution < -0.4 is 10.1 Å². The van der Waals surface area contributed by atoms with Gasteiger partial charge in [0.05, 0.1) is 12.3 Å². The molecule has 0 aliphatic carbocycles. The number of ether oxygens (including phenoxy) is 2. The maximum atomic E-state index is 12.0. The van der Waals surface area contributed by atoms with Gasteiger partial charge in [-0.1, -0.05) is 45.0 Å². The Kier molecular flexibility index (Phi) is 7.56. The number of fused-ring (bicyclic) bond motifs is 1. The average Bonchev–Trinajstić information content (AvgIpc) is 2.54. The van der Waals surface area contributed by atoms with Crippen molar-refractivity contribution in [1.29, 1.82) is 0 Å². The zero-order valence-electron chi connectivity index (χ0n) is 15.6. The van der Waals surface area contributed by atoms with Crippen molar-refractivity contribution in [2.75, 3.05) is 11.9 Å². The van der Waals surface area contributed by atoms with Crippen LogP contribution in [0.1, 0.15) is 48.0 Å². The van der Waals surface area contributed by atoms with Gasteiger partial charge in [-0.3, -0.25) is 5.32 Å². The Morgan fingerprint density at radius 3 is 2.25 bits per heavy atom. The van der Waals surface area contributed by atoms with Crippen LogP contribution in [-0.4, -0.2) is 18.3 Å². The number of anilines is 1. The minimum atomic E-state index is -0.524. The summed E-state index contributed by atoms with van der Waals surface area (Å²) in [6.45, 7) is 12.3. The molecule has 1 N–H and O–H groups in total. The second-order valence-corrected chi connectivity index (χ2v) is 6.13. The van der Waals surface area contributed by atoms with E-state index in [2.05, 4.69) is 12.2 Å². The molecule has 0 aliphatic heterocycles. The van der Waals surface area contributed by atoms with Crippen LogP contribution >= 0.6 is 0 Å². The van der Waals surface area contributed by atoms with E-state index >= 15 is 0 Å². The van der Waals surface area contributed by atoms with Crippen molar-refractivity contribution >= 4 is 22.6 Å². The largest absolute Gasteiger partial charge is 0.493 e. The SMILES string of the molecule is CC.CCCOc1ccc(NC(=O)OC(C)(C)C)c2ccccc12. The van der Waals surface area contributed by atoms with Crippen LogP contribution in [0, 0.1) is 0 Å². The Hall–Kier alpha value is -2.23. The third-order valence-electron chi connectivity index (χ3n) is 2.98. The smallest absolute Gasteiger partial charge is 0.412 e. The second kappa shape index (κ2) is 9.16. The van der Waals surface area contributed by atoms with Crippen LogP contribution in [0.25, 0.3) is 10.8 Å². The normalized spacial score (nSPS) is 10.6. The quantitative estimate of drug-likeness (QED) is 0.747. The Morgan fingerprint density at radius 1 is 1.04 bits per heavy atom. The summed E-state index contributed by atoms with van der Waals surface area (Å²) >= 11 is 0. The fourth-order valence-electron chi connectivity index (χ4n) is 2.13. The average molecular weight is 331 g/mol. The molecule has 0 atom stereocenters. The number of rotatable bonds is 4. The van der Waals surface area contributed by atoms with E-state index in [0.29, 0.717) is 12.3 Å². The molecule has 4 nitrogen and oxygen atoms in total. The lowest BCUT2D eigenvalue weighted by Crippen LogP contribution is -2.27. The topological polar surface area (TPSA) is 47.6 Å². The summed E-state index contributed by atoms with van der Waals surface area (Å²) in [5.74, 6) is 0.826. The van der Waals surface area contributed by atoms with E-state index in [1.807, 2.05) is 71.0 Å². The number of carbonyl (C=O) groups excluding carboxylic acids is 1. The van der Waals surface area contributed by atoms with Crippen molar-refractivity contribution in [1.82, 2.24) is 0 Å². The van der Waals surface area contributed by atoms with Gasteiger partial charge >= 0.3 is 6.09 Å². The number of carbonyl (C=O) groups is 1. The van der Waals surface area contributed by atoms with Crippen molar-refractivity contribution in [2.45, 2.75) is 53.6 Å². The number of hydrogen-bond donors (Lipinski definition) is 1. The van der Waals surface area contributed by atoms with E-state index in [1.54, 1.807) is 0 Å². The van der Waals surface area contributed by atoms with Crippen molar-refractivity contribution in [3.63, 3.8) is 0 Å². The molecule has 0 saturated heterocycles. The highest BCUT2D eigenvalue weighted by Gasteiger charge is 2.17. The minimum absolute atomic E-state index is 0.458. The van der Waals surface area contributed by atoms with Gasteiger partial charge in [0.25, 0.3) is 0 Å². The molecule has 24 heavy (non-hydrogen) atoms. The van der Waals surface area contributed by atoms with E-state index in [0.717, 1.165) is 22.9 Å². The molecule has 0 fully saturated rings. The highest BCUT2D eigenvalue weighted by molar-refractivity contribution is 6.02. The van der Waals surface area contributed by atoms with Crippen molar-refractivity contribution < 1.29 is 14.3 Å². The molecule has 0 spiro atoms. The fraction of sp³-hybridized carbons (Fsp3) is 0.450. The third kappa shape index (κ3) is 5.76. The van der Waals surface area contributed by atoms with Crippen molar-refractivity contribution in [2.24, 2.45) is 0 Å². The standard InChI is InChI=1S/C18H23NO3.C2H6/c1-5-12-21-16-11-10-15(13-8-6-7-9-14(13)16)19-17(20)22-18(2,3)4;1-2/h6-11H,5,12H2,1-4H3,(H,19,20);1-2H3. The summed E-state index contributed by atoms with van der Waals surface area (Å²) in [6.07, 6.45) is 0.492. The summed E-state index contributed by atoms with van der Waals surface area (Å²) < 4.78 is 11.1. The Balaban J connectivity index is 0.00000139. The van der Waals surface area contributed by atoms with Crippen molar-refractivity contribution in [3.05, 3.63) is 36.4 Å². The lowest BCUT2D eigenvalue weighted by atomic mass is 10.1. The second-order valence-electron chi connectivity index (χ2n) is 6.13. The van der Waals surface area contributed by atoms with Crippen LogP contribution in [0.4, 0.5) is 10.5 Å². The number of benzene rings is 2. The Bertz CT molecular complexity index is 659. The fourth-order valence-corrected chi connectivity index (χ4v) is 2.13. The molecular formula is C20H29NO3. The van der Waals surface area contributed by atoms with Crippen LogP contribution in [0.15, 0.2) is 36.4 Å².